The molecule has 0 aliphatic rings. The molecule has 40 heavy (non-hydrogen) atoms. The van der Waals surface area contributed by atoms with Crippen LogP contribution in [0.25, 0.3) is 0 Å². The van der Waals surface area contributed by atoms with Gasteiger partial charge in [0.05, 0.1) is 26.4 Å². The summed E-state index contributed by atoms with van der Waals surface area (Å²) in [5.41, 5.74) is 0. The van der Waals surface area contributed by atoms with Gasteiger partial charge in [0.1, 0.15) is 23.7 Å². The van der Waals surface area contributed by atoms with Gasteiger partial charge in [-0.25, -0.2) is 0 Å². The highest BCUT2D eigenvalue weighted by Crippen LogP contribution is 2.04. The molecule has 0 aliphatic heterocycles. The third-order valence-electron chi connectivity index (χ3n) is 5.65. The van der Waals surface area contributed by atoms with Crippen molar-refractivity contribution in [1.82, 2.24) is 16.0 Å². The lowest BCUT2D eigenvalue weighted by Crippen LogP contribution is -2.54. The topological polar surface area (TPSA) is 214 Å². The molecule has 0 bridgehead atoms. The summed E-state index contributed by atoms with van der Waals surface area (Å²) >= 11 is 0. The highest BCUT2D eigenvalue weighted by Gasteiger charge is 2.27. The number of hydrogen-bond acceptors (Lipinski definition) is 9. The average Bonchev–Trinajstić information content (AvgIpc) is 2.89. The fourth-order valence-electron chi connectivity index (χ4n) is 3.17. The molecule has 228 valence electrons. The Bertz CT molecular complexity index is 861. The fraction of sp³-hybridized carbons (Fsp3) is 0.731. The van der Waals surface area contributed by atoms with E-state index < -0.39 is 54.6 Å². The minimum absolute atomic E-state index is 0.0207. The van der Waals surface area contributed by atoms with Crippen LogP contribution in [0.2, 0.25) is 0 Å². The summed E-state index contributed by atoms with van der Waals surface area (Å²) in [5, 5.41) is 25.4. The molecule has 0 rings (SSSR count). The zero-order valence-electron chi connectivity index (χ0n) is 23.5. The number of carbonyl (C=O) groups is 7. The molecule has 0 unspecified atom stereocenters. The summed E-state index contributed by atoms with van der Waals surface area (Å²) in [6, 6.07) is -2.57. The van der Waals surface area contributed by atoms with Crippen molar-refractivity contribution in [2.75, 3.05) is 33.0 Å². The molecule has 0 saturated heterocycles. The van der Waals surface area contributed by atoms with Gasteiger partial charge in [-0.2, -0.15) is 0 Å². The molecular formula is C26H43N3O11. The lowest BCUT2D eigenvalue weighted by Gasteiger charge is -2.23. The minimum Gasteiger partial charge on any atom is -0.481 e. The number of ketones is 2. The van der Waals surface area contributed by atoms with Crippen molar-refractivity contribution in [2.45, 2.75) is 84.2 Å². The van der Waals surface area contributed by atoms with Gasteiger partial charge in [-0.3, -0.25) is 33.6 Å². The number of Topliss-reactive ketones (excluding diaryl/α,β-unsaturated/α-hetero) is 2. The Balaban J connectivity index is 4.99. The lowest BCUT2D eigenvalue weighted by atomic mass is 10.1. The number of rotatable bonds is 24. The van der Waals surface area contributed by atoms with E-state index in [0.717, 1.165) is 0 Å². The number of ether oxygens (including phenoxy) is 2. The first-order chi connectivity index (χ1) is 18.9. The second kappa shape index (κ2) is 21.4. The zero-order valence-corrected chi connectivity index (χ0v) is 23.5. The molecule has 0 aliphatic carbocycles. The fourth-order valence-corrected chi connectivity index (χ4v) is 3.17. The third-order valence-corrected chi connectivity index (χ3v) is 5.65. The average molecular weight is 574 g/mol. The molecule has 0 aromatic carbocycles. The highest BCUT2D eigenvalue weighted by atomic mass is 16.5. The zero-order chi connectivity index (χ0) is 30.5. The molecule has 0 saturated carbocycles. The van der Waals surface area contributed by atoms with Gasteiger partial charge in [0.2, 0.25) is 17.7 Å². The van der Waals surface area contributed by atoms with Gasteiger partial charge in [0.25, 0.3) is 0 Å². The van der Waals surface area contributed by atoms with Gasteiger partial charge < -0.3 is 35.6 Å². The molecule has 0 radical (unpaired) electrons. The van der Waals surface area contributed by atoms with E-state index in [-0.39, 0.29) is 82.6 Å². The van der Waals surface area contributed by atoms with Crippen LogP contribution in [0.15, 0.2) is 0 Å². The third kappa shape index (κ3) is 18.8. The van der Waals surface area contributed by atoms with Crippen LogP contribution >= 0.6 is 0 Å². The van der Waals surface area contributed by atoms with Crippen LogP contribution in [-0.4, -0.2) is 96.5 Å². The van der Waals surface area contributed by atoms with E-state index in [0.29, 0.717) is 6.42 Å². The molecule has 3 amide bonds. The van der Waals surface area contributed by atoms with Crippen molar-refractivity contribution < 1.29 is 53.2 Å². The number of carboxylic acid groups (broad SMARTS) is 2. The number of nitrogens with one attached hydrogen (secondary N) is 3. The maximum atomic E-state index is 12.9. The Morgan fingerprint density at radius 1 is 0.675 bits per heavy atom. The number of carbonyl (C=O) groups excluding carboxylic acids is 5. The largest absolute Gasteiger partial charge is 0.481 e. The molecule has 0 aromatic heterocycles. The maximum absolute atomic E-state index is 12.9. The van der Waals surface area contributed by atoms with Gasteiger partial charge in [-0.05, 0) is 12.8 Å². The molecule has 5 N–H and O–H groups in total. The van der Waals surface area contributed by atoms with E-state index in [1.165, 1.54) is 0 Å². The second-order valence-electron chi connectivity index (χ2n) is 9.33. The van der Waals surface area contributed by atoms with Gasteiger partial charge >= 0.3 is 11.9 Å². The first kappa shape index (κ1) is 36.6. The molecule has 0 heterocycles. The van der Waals surface area contributed by atoms with Crippen LogP contribution in [0, 0.1) is 5.92 Å². The first-order valence-electron chi connectivity index (χ1n) is 13.4. The van der Waals surface area contributed by atoms with Crippen molar-refractivity contribution in [3.8, 4) is 0 Å². The predicted molar refractivity (Wildman–Crippen MR) is 141 cm³/mol. The number of amides is 3. The van der Waals surface area contributed by atoms with Crippen molar-refractivity contribution in [2.24, 2.45) is 5.92 Å². The lowest BCUT2D eigenvalue weighted by molar-refractivity contribution is -0.139. The van der Waals surface area contributed by atoms with Crippen LogP contribution < -0.4 is 16.0 Å². The van der Waals surface area contributed by atoms with Crippen molar-refractivity contribution in [3.05, 3.63) is 0 Å². The van der Waals surface area contributed by atoms with E-state index in [1.54, 1.807) is 20.8 Å². The molecule has 14 nitrogen and oxygen atoms in total. The molecule has 14 heteroatoms. The smallest absolute Gasteiger partial charge is 0.303 e. The van der Waals surface area contributed by atoms with Crippen molar-refractivity contribution >= 4 is 41.2 Å². The summed E-state index contributed by atoms with van der Waals surface area (Å²) in [7, 11) is 0. The summed E-state index contributed by atoms with van der Waals surface area (Å²) in [4.78, 5) is 82.9. The quantitative estimate of drug-likeness (QED) is 0.0984. The van der Waals surface area contributed by atoms with Gasteiger partial charge in [0, 0.05) is 51.0 Å². The maximum Gasteiger partial charge on any atom is 0.303 e. The molecule has 0 spiro atoms. The predicted octanol–water partition coefficient (Wildman–Crippen LogP) is 0.210. The Morgan fingerprint density at radius 3 is 1.75 bits per heavy atom. The van der Waals surface area contributed by atoms with Gasteiger partial charge in [0.15, 0.2) is 0 Å². The van der Waals surface area contributed by atoms with Crippen LogP contribution in [0.3, 0.4) is 0 Å². The highest BCUT2D eigenvalue weighted by molar-refractivity contribution is 5.92. The van der Waals surface area contributed by atoms with E-state index in [2.05, 4.69) is 16.0 Å². The standard InChI is InChI=1S/C26H43N3O11/c1-4-18(30)9-13-40-16-12-27-25(37)19(5-7-23(33)34)29-26(38)20(6-8-24(35)36)28-22(32)11-15-39-14-10-21(31)17(2)3/h17,19-20H,4-16H2,1-3H3,(H,27,37)(H,28,32)(H,29,38)(H,33,34)(H,35,36)/t19-,20-/m0/s1. The minimum atomic E-state index is -1.30. The van der Waals surface area contributed by atoms with Crippen LogP contribution in [-0.2, 0) is 43.0 Å². The Kier molecular flexibility index (Phi) is 19.6. The summed E-state index contributed by atoms with van der Waals surface area (Å²) < 4.78 is 10.6. The molecule has 2 atom stereocenters. The molecule has 0 fully saturated rings. The number of hydrogen-bond donors (Lipinski definition) is 5. The second-order valence-corrected chi connectivity index (χ2v) is 9.33. The Hall–Kier alpha value is -3.39. The van der Waals surface area contributed by atoms with E-state index >= 15 is 0 Å². The number of aliphatic carboxylic acids is 2. The molecular weight excluding hydrogens is 530 g/mol. The normalized spacial score (nSPS) is 12.3. The van der Waals surface area contributed by atoms with Crippen LogP contribution in [0.4, 0.5) is 0 Å². The van der Waals surface area contributed by atoms with Gasteiger partial charge in [-0.1, -0.05) is 20.8 Å². The monoisotopic (exact) mass is 573 g/mol. The van der Waals surface area contributed by atoms with Crippen LogP contribution in [0.1, 0.15) is 72.1 Å². The van der Waals surface area contributed by atoms with Gasteiger partial charge in [-0.15, -0.1) is 0 Å². The summed E-state index contributed by atoms with van der Waals surface area (Å²) in [5.74, 6) is -4.60. The van der Waals surface area contributed by atoms with E-state index in [9.17, 15) is 33.6 Å². The summed E-state index contributed by atoms with van der Waals surface area (Å²) in [6.45, 7) is 5.70. The Morgan fingerprint density at radius 2 is 1.20 bits per heavy atom. The van der Waals surface area contributed by atoms with Crippen molar-refractivity contribution in [3.63, 3.8) is 0 Å². The summed E-state index contributed by atoms with van der Waals surface area (Å²) in [6.07, 6.45) is -0.711. The van der Waals surface area contributed by atoms with E-state index in [4.69, 9.17) is 19.7 Å². The SMILES string of the molecule is CCC(=O)CCOCCNC(=O)[C@H](CCC(=O)O)NC(=O)[C@H](CCC(=O)O)NC(=O)CCOCCC(=O)C(C)C. The first-order valence-corrected chi connectivity index (χ1v) is 13.4. The number of carboxylic acids is 2. The van der Waals surface area contributed by atoms with E-state index in [1.807, 2.05) is 0 Å². The van der Waals surface area contributed by atoms with Crippen LogP contribution in [0.5, 0.6) is 0 Å². The molecule has 0 aromatic rings. The van der Waals surface area contributed by atoms with Crippen molar-refractivity contribution in [1.29, 1.82) is 0 Å². The Labute approximate surface area is 233 Å².